The highest BCUT2D eigenvalue weighted by atomic mass is 16.5. The van der Waals surface area contributed by atoms with Crippen LogP contribution in [0.5, 0.6) is 0 Å². The van der Waals surface area contributed by atoms with Crippen molar-refractivity contribution in [3.05, 3.63) is 35.4 Å². The minimum Gasteiger partial charge on any atom is -0.394 e. The monoisotopic (exact) mass is 319 g/mol. The Morgan fingerprint density at radius 3 is 2.52 bits per heavy atom. The van der Waals surface area contributed by atoms with Crippen LogP contribution >= 0.6 is 0 Å². The highest BCUT2D eigenvalue weighted by molar-refractivity contribution is 5.24. The fourth-order valence-electron chi connectivity index (χ4n) is 3.74. The summed E-state index contributed by atoms with van der Waals surface area (Å²) in [5.41, 5.74) is 8.75. The molecule has 0 spiro atoms. The lowest BCUT2D eigenvalue weighted by Gasteiger charge is -2.29. The third-order valence-electron chi connectivity index (χ3n) is 5.37. The maximum Gasteiger partial charge on any atom is 0.0614 e. The van der Waals surface area contributed by atoms with E-state index >= 15 is 0 Å². The molecule has 0 unspecified atom stereocenters. The highest BCUT2D eigenvalue weighted by Crippen LogP contribution is 2.35. The van der Waals surface area contributed by atoms with Gasteiger partial charge in [-0.1, -0.05) is 43.5 Å². The smallest absolute Gasteiger partial charge is 0.0614 e. The van der Waals surface area contributed by atoms with Gasteiger partial charge in [-0.3, -0.25) is 0 Å². The van der Waals surface area contributed by atoms with E-state index in [-0.39, 0.29) is 12.1 Å². The van der Waals surface area contributed by atoms with Gasteiger partial charge in [-0.15, -0.1) is 0 Å². The van der Waals surface area contributed by atoms with Crippen LogP contribution in [0.25, 0.3) is 0 Å². The van der Waals surface area contributed by atoms with E-state index < -0.39 is 0 Å². The number of unbranched alkanes of at least 4 members (excludes halogenated alkanes) is 3. The number of rotatable bonds is 10. The van der Waals surface area contributed by atoms with Crippen LogP contribution < -0.4 is 5.73 Å². The van der Waals surface area contributed by atoms with Gasteiger partial charge in [0.1, 0.15) is 0 Å². The van der Waals surface area contributed by atoms with Crippen LogP contribution in [-0.4, -0.2) is 31.0 Å². The van der Waals surface area contributed by atoms with E-state index in [0.717, 1.165) is 38.7 Å². The number of nitrogens with two attached hydrogens (primary N) is 1. The zero-order valence-corrected chi connectivity index (χ0v) is 14.6. The topological polar surface area (TPSA) is 55.5 Å². The predicted molar refractivity (Wildman–Crippen MR) is 95.5 cm³/mol. The number of benzene rings is 1. The van der Waals surface area contributed by atoms with Crippen LogP contribution in [0, 0.1) is 5.92 Å². The summed E-state index contributed by atoms with van der Waals surface area (Å²) < 4.78 is 5.07. The molecule has 23 heavy (non-hydrogen) atoms. The zero-order chi connectivity index (χ0) is 16.5. The molecule has 1 fully saturated rings. The molecule has 0 amide bonds. The van der Waals surface area contributed by atoms with Crippen LogP contribution in [0.2, 0.25) is 0 Å². The van der Waals surface area contributed by atoms with Crippen molar-refractivity contribution in [3.63, 3.8) is 0 Å². The molecule has 3 heteroatoms. The number of ether oxygens (including phenoxy) is 1. The fourth-order valence-corrected chi connectivity index (χ4v) is 3.74. The second-order valence-corrected chi connectivity index (χ2v) is 7.16. The largest absolute Gasteiger partial charge is 0.394 e. The van der Waals surface area contributed by atoms with Gasteiger partial charge in [0.25, 0.3) is 0 Å². The molecule has 1 saturated carbocycles. The number of aliphatic hydroxyl groups excluding tert-OH is 1. The van der Waals surface area contributed by atoms with Crippen LogP contribution in [0.4, 0.5) is 0 Å². The number of hydrogen-bond donors (Lipinski definition) is 2. The Labute approximate surface area is 141 Å². The van der Waals surface area contributed by atoms with Crippen molar-refractivity contribution in [1.82, 2.24) is 0 Å². The van der Waals surface area contributed by atoms with Crippen LogP contribution in [0.1, 0.15) is 56.1 Å². The highest BCUT2D eigenvalue weighted by Gasteiger charge is 2.38. The summed E-state index contributed by atoms with van der Waals surface area (Å²) in [4.78, 5) is 0. The lowest BCUT2D eigenvalue weighted by Crippen LogP contribution is -2.47. The molecule has 0 saturated heterocycles. The molecule has 2 rings (SSSR count). The Morgan fingerprint density at radius 2 is 1.83 bits per heavy atom. The maximum absolute atomic E-state index is 9.56. The molecule has 1 aliphatic rings. The van der Waals surface area contributed by atoms with E-state index in [1.807, 2.05) is 0 Å². The second kappa shape index (κ2) is 9.41. The Kier molecular flexibility index (Phi) is 7.54. The summed E-state index contributed by atoms with van der Waals surface area (Å²) in [7, 11) is 1.77. The first kappa shape index (κ1) is 18.4. The van der Waals surface area contributed by atoms with E-state index in [4.69, 9.17) is 10.5 Å². The quantitative estimate of drug-likeness (QED) is 0.649. The molecule has 1 aromatic carbocycles. The van der Waals surface area contributed by atoms with Gasteiger partial charge in [0, 0.05) is 19.3 Å². The van der Waals surface area contributed by atoms with E-state index in [2.05, 4.69) is 24.3 Å². The Hall–Kier alpha value is -0.900. The van der Waals surface area contributed by atoms with Gasteiger partial charge >= 0.3 is 0 Å². The number of aryl methyl sites for hydroxylation is 1. The first-order valence-electron chi connectivity index (χ1n) is 9.14. The minimum atomic E-state index is -0.360. The molecule has 0 radical (unpaired) electrons. The van der Waals surface area contributed by atoms with Crippen molar-refractivity contribution in [3.8, 4) is 0 Å². The first-order chi connectivity index (χ1) is 11.2. The summed E-state index contributed by atoms with van der Waals surface area (Å²) >= 11 is 0. The minimum absolute atomic E-state index is 0.110. The zero-order valence-electron chi connectivity index (χ0n) is 14.6. The molecule has 0 heterocycles. The van der Waals surface area contributed by atoms with Gasteiger partial charge in [-0.05, 0) is 55.6 Å². The Balaban J connectivity index is 1.74. The van der Waals surface area contributed by atoms with E-state index in [9.17, 15) is 5.11 Å². The lowest BCUT2D eigenvalue weighted by molar-refractivity contribution is 0.160. The summed E-state index contributed by atoms with van der Waals surface area (Å²) in [5, 5.41) is 9.56. The summed E-state index contributed by atoms with van der Waals surface area (Å²) in [5.74, 6) is 0.416. The molecule has 0 aliphatic heterocycles. The standard InChI is InChI=1S/C20H33NO2/c1-23-14-5-3-2-4-7-17-9-11-18(12-10-17)15-19-8-6-13-20(19,21)16-22/h9-12,19,22H,2-8,13-16,21H2,1H3/t19-,20-/m0/s1. The summed E-state index contributed by atoms with van der Waals surface area (Å²) in [6.07, 6.45) is 10.3. The van der Waals surface area contributed by atoms with E-state index in [1.54, 1.807) is 7.11 Å². The van der Waals surface area contributed by atoms with Gasteiger partial charge < -0.3 is 15.6 Å². The molecule has 1 aromatic rings. The molecule has 1 aliphatic carbocycles. The molecule has 3 N–H and O–H groups in total. The maximum atomic E-state index is 9.56. The van der Waals surface area contributed by atoms with E-state index in [0.29, 0.717) is 5.92 Å². The molecular weight excluding hydrogens is 286 g/mol. The van der Waals surface area contributed by atoms with Crippen LogP contribution in [0.3, 0.4) is 0 Å². The average Bonchev–Trinajstić information content (AvgIpc) is 2.94. The van der Waals surface area contributed by atoms with Gasteiger partial charge in [-0.25, -0.2) is 0 Å². The normalized spacial score (nSPS) is 24.2. The average molecular weight is 319 g/mol. The third-order valence-corrected chi connectivity index (χ3v) is 5.37. The van der Waals surface area contributed by atoms with E-state index in [1.165, 1.54) is 36.8 Å². The Bertz CT molecular complexity index is 445. The molecule has 2 atom stereocenters. The van der Waals surface area contributed by atoms with Crippen molar-refractivity contribution in [2.45, 2.75) is 63.3 Å². The molecule has 0 aromatic heterocycles. The number of hydrogen-bond acceptors (Lipinski definition) is 3. The van der Waals surface area contributed by atoms with Crippen molar-refractivity contribution in [2.24, 2.45) is 11.7 Å². The van der Waals surface area contributed by atoms with Crippen LogP contribution in [0.15, 0.2) is 24.3 Å². The van der Waals surface area contributed by atoms with Gasteiger partial charge in [0.2, 0.25) is 0 Å². The van der Waals surface area contributed by atoms with Crippen molar-refractivity contribution < 1.29 is 9.84 Å². The third kappa shape index (κ3) is 5.59. The lowest BCUT2D eigenvalue weighted by atomic mass is 9.84. The first-order valence-corrected chi connectivity index (χ1v) is 9.14. The van der Waals surface area contributed by atoms with Crippen molar-refractivity contribution in [1.29, 1.82) is 0 Å². The Morgan fingerprint density at radius 1 is 1.13 bits per heavy atom. The number of aliphatic hydroxyl groups is 1. The van der Waals surface area contributed by atoms with Crippen molar-refractivity contribution in [2.75, 3.05) is 20.3 Å². The SMILES string of the molecule is COCCCCCCc1ccc(C[C@@H]2CCC[C@]2(N)CO)cc1. The van der Waals surface area contributed by atoms with Gasteiger partial charge in [-0.2, -0.15) is 0 Å². The summed E-state index contributed by atoms with van der Waals surface area (Å²) in [6, 6.07) is 9.01. The molecule has 130 valence electrons. The summed E-state index contributed by atoms with van der Waals surface area (Å²) in [6.45, 7) is 0.991. The van der Waals surface area contributed by atoms with Crippen molar-refractivity contribution >= 4 is 0 Å². The van der Waals surface area contributed by atoms with Gasteiger partial charge in [0.15, 0.2) is 0 Å². The molecular formula is C20H33NO2. The number of methoxy groups -OCH3 is 1. The molecule has 3 nitrogen and oxygen atoms in total. The van der Waals surface area contributed by atoms with Crippen LogP contribution in [-0.2, 0) is 17.6 Å². The second-order valence-electron chi connectivity index (χ2n) is 7.16. The predicted octanol–water partition coefficient (Wildman–Crippen LogP) is 3.47. The van der Waals surface area contributed by atoms with Gasteiger partial charge in [0.05, 0.1) is 6.61 Å². The molecule has 0 bridgehead atoms. The fraction of sp³-hybridized carbons (Fsp3) is 0.700.